The van der Waals surface area contributed by atoms with Crippen molar-refractivity contribution in [1.82, 2.24) is 4.57 Å². The zero-order chi connectivity index (χ0) is 39.8. The lowest BCUT2D eigenvalue weighted by atomic mass is 9.97. The molecule has 0 aliphatic rings. The SMILES string of the molecule is c1ccc(-c2ccc(-c3ccc(N(c4cccc(-c5cccc6c5c5ccccc5n6-c5ccc6ccccc6c5)c4)c4ccccc4-c4ccccc4)cc3)cc2)cc1. The molecule has 282 valence electrons. The van der Waals surface area contributed by atoms with Crippen molar-refractivity contribution < 1.29 is 0 Å². The van der Waals surface area contributed by atoms with Gasteiger partial charge in [-0.05, 0) is 104 Å². The van der Waals surface area contributed by atoms with Crippen LogP contribution in [-0.4, -0.2) is 4.57 Å². The van der Waals surface area contributed by atoms with E-state index in [1.165, 1.54) is 71.5 Å². The van der Waals surface area contributed by atoms with E-state index >= 15 is 0 Å². The molecule has 1 aromatic heterocycles. The molecule has 0 unspecified atom stereocenters. The van der Waals surface area contributed by atoms with Crippen molar-refractivity contribution in [3.63, 3.8) is 0 Å². The molecule has 0 radical (unpaired) electrons. The first kappa shape index (κ1) is 35.2. The molecule has 0 amide bonds. The molecule has 0 atom stereocenters. The minimum Gasteiger partial charge on any atom is -0.310 e. The number of fused-ring (bicyclic) bond motifs is 4. The van der Waals surface area contributed by atoms with E-state index < -0.39 is 0 Å². The molecular weight excluding hydrogens is 725 g/mol. The van der Waals surface area contributed by atoms with Gasteiger partial charge >= 0.3 is 0 Å². The molecule has 11 aromatic rings. The zero-order valence-electron chi connectivity index (χ0n) is 33.0. The predicted molar refractivity (Wildman–Crippen MR) is 255 cm³/mol. The van der Waals surface area contributed by atoms with Crippen LogP contribution in [0.4, 0.5) is 17.1 Å². The van der Waals surface area contributed by atoms with E-state index in [9.17, 15) is 0 Å². The van der Waals surface area contributed by atoms with Crippen LogP contribution in [-0.2, 0) is 0 Å². The zero-order valence-corrected chi connectivity index (χ0v) is 33.0. The monoisotopic (exact) mass is 764 g/mol. The van der Waals surface area contributed by atoms with E-state index in [1.807, 2.05) is 0 Å². The van der Waals surface area contributed by atoms with E-state index in [-0.39, 0.29) is 0 Å². The van der Waals surface area contributed by atoms with Crippen LogP contribution < -0.4 is 4.90 Å². The van der Waals surface area contributed by atoms with Gasteiger partial charge in [-0.3, -0.25) is 0 Å². The maximum atomic E-state index is 2.42. The van der Waals surface area contributed by atoms with Crippen molar-refractivity contribution in [2.75, 3.05) is 4.90 Å². The van der Waals surface area contributed by atoms with Crippen LogP contribution in [0.5, 0.6) is 0 Å². The Morgan fingerprint density at radius 1 is 0.300 bits per heavy atom. The van der Waals surface area contributed by atoms with Crippen molar-refractivity contribution in [1.29, 1.82) is 0 Å². The Balaban J connectivity index is 1.05. The molecule has 2 heteroatoms. The fraction of sp³-hybridized carbons (Fsp3) is 0. The lowest BCUT2D eigenvalue weighted by molar-refractivity contribution is 1.19. The van der Waals surface area contributed by atoms with E-state index in [1.54, 1.807) is 0 Å². The Morgan fingerprint density at radius 3 is 1.62 bits per heavy atom. The van der Waals surface area contributed by atoms with Crippen LogP contribution in [0.3, 0.4) is 0 Å². The van der Waals surface area contributed by atoms with Crippen molar-refractivity contribution >= 4 is 49.6 Å². The Labute approximate surface area is 350 Å². The molecule has 0 saturated carbocycles. The van der Waals surface area contributed by atoms with Gasteiger partial charge in [0.2, 0.25) is 0 Å². The first-order valence-corrected chi connectivity index (χ1v) is 20.6. The Kier molecular flexibility index (Phi) is 8.87. The first-order valence-electron chi connectivity index (χ1n) is 20.6. The number of para-hydroxylation sites is 2. The summed E-state index contributed by atoms with van der Waals surface area (Å²) in [7, 11) is 0. The smallest absolute Gasteiger partial charge is 0.0547 e. The van der Waals surface area contributed by atoms with Crippen LogP contribution in [0.15, 0.2) is 243 Å². The van der Waals surface area contributed by atoms with Crippen molar-refractivity contribution in [2.45, 2.75) is 0 Å². The molecule has 0 spiro atoms. The molecule has 60 heavy (non-hydrogen) atoms. The molecule has 0 aliphatic carbocycles. The number of hydrogen-bond donors (Lipinski definition) is 0. The molecule has 10 aromatic carbocycles. The maximum Gasteiger partial charge on any atom is 0.0547 e. The number of aromatic nitrogens is 1. The number of nitrogens with zero attached hydrogens (tertiary/aromatic N) is 2. The summed E-state index contributed by atoms with van der Waals surface area (Å²) in [6.07, 6.45) is 0. The maximum absolute atomic E-state index is 2.42. The average Bonchev–Trinajstić information content (AvgIpc) is 3.67. The molecule has 0 N–H and O–H groups in total. The Bertz CT molecular complexity index is 3290. The van der Waals surface area contributed by atoms with E-state index in [0.29, 0.717) is 0 Å². The second-order valence-electron chi connectivity index (χ2n) is 15.3. The summed E-state index contributed by atoms with van der Waals surface area (Å²) in [5.74, 6) is 0. The van der Waals surface area contributed by atoms with Gasteiger partial charge in [0, 0.05) is 33.4 Å². The van der Waals surface area contributed by atoms with Gasteiger partial charge in [-0.2, -0.15) is 0 Å². The van der Waals surface area contributed by atoms with Crippen LogP contribution >= 0.6 is 0 Å². The van der Waals surface area contributed by atoms with Crippen LogP contribution in [0.1, 0.15) is 0 Å². The molecule has 2 nitrogen and oxygen atoms in total. The van der Waals surface area contributed by atoms with E-state index in [0.717, 1.165) is 28.3 Å². The summed E-state index contributed by atoms with van der Waals surface area (Å²) in [6.45, 7) is 0. The normalized spacial score (nSPS) is 11.3. The van der Waals surface area contributed by atoms with Gasteiger partial charge in [0.05, 0.1) is 16.7 Å². The van der Waals surface area contributed by atoms with Gasteiger partial charge in [0.1, 0.15) is 0 Å². The molecule has 0 saturated heterocycles. The summed E-state index contributed by atoms with van der Waals surface area (Å²) in [5, 5.41) is 4.96. The number of anilines is 3. The van der Waals surface area contributed by atoms with Gasteiger partial charge in [-0.25, -0.2) is 0 Å². The highest BCUT2D eigenvalue weighted by Crippen LogP contribution is 2.44. The summed E-state index contributed by atoms with van der Waals surface area (Å²) >= 11 is 0. The van der Waals surface area contributed by atoms with Crippen LogP contribution in [0, 0.1) is 0 Å². The summed E-state index contributed by atoms with van der Waals surface area (Å²) in [6, 6.07) is 87.9. The number of hydrogen-bond acceptors (Lipinski definition) is 1. The van der Waals surface area contributed by atoms with Gasteiger partial charge < -0.3 is 9.47 Å². The van der Waals surface area contributed by atoms with Gasteiger partial charge in [0.15, 0.2) is 0 Å². The third-order valence-corrected chi connectivity index (χ3v) is 11.8. The highest BCUT2D eigenvalue weighted by atomic mass is 15.1. The largest absolute Gasteiger partial charge is 0.310 e. The summed E-state index contributed by atoms with van der Waals surface area (Å²) in [4.78, 5) is 2.41. The standard InChI is InChI=1S/C58H40N2/c1-3-15-41(16-4-1)43-29-31-44(32-30-43)45-33-36-49(37-34-45)59(55-26-11-9-23-52(55)46-18-5-2-6-19-46)50-22-13-21-48(40-50)53-25-14-28-57-58(53)54-24-10-12-27-56(54)60(57)51-38-35-42-17-7-8-20-47(42)39-51/h1-40H. The first-order chi connectivity index (χ1) is 29.8. The fourth-order valence-electron chi connectivity index (χ4n) is 8.91. The van der Waals surface area contributed by atoms with E-state index in [4.69, 9.17) is 0 Å². The molecule has 11 rings (SSSR count). The summed E-state index contributed by atoms with van der Waals surface area (Å²) < 4.78 is 2.42. The second kappa shape index (κ2) is 15.1. The Hall–Kier alpha value is -7.94. The fourth-order valence-corrected chi connectivity index (χ4v) is 8.91. The molecular formula is C58H40N2. The van der Waals surface area contributed by atoms with Crippen molar-refractivity contribution in [3.05, 3.63) is 243 Å². The van der Waals surface area contributed by atoms with Crippen molar-refractivity contribution in [2.24, 2.45) is 0 Å². The van der Waals surface area contributed by atoms with Crippen LogP contribution in [0.25, 0.3) is 82.8 Å². The topological polar surface area (TPSA) is 8.17 Å². The van der Waals surface area contributed by atoms with E-state index in [2.05, 4.69) is 252 Å². The highest BCUT2D eigenvalue weighted by molar-refractivity contribution is 6.16. The highest BCUT2D eigenvalue weighted by Gasteiger charge is 2.20. The molecule has 0 aliphatic heterocycles. The van der Waals surface area contributed by atoms with Gasteiger partial charge in [-0.15, -0.1) is 0 Å². The van der Waals surface area contributed by atoms with Gasteiger partial charge in [-0.1, -0.05) is 188 Å². The molecule has 1 heterocycles. The minimum absolute atomic E-state index is 1.09. The minimum atomic E-state index is 1.09. The predicted octanol–water partition coefficient (Wildman–Crippen LogP) is 16.1. The third-order valence-electron chi connectivity index (χ3n) is 11.8. The summed E-state index contributed by atoms with van der Waals surface area (Å²) in [5.41, 5.74) is 16.4. The Morgan fingerprint density at radius 2 is 0.850 bits per heavy atom. The molecule has 0 bridgehead atoms. The lowest BCUT2D eigenvalue weighted by Gasteiger charge is -2.28. The van der Waals surface area contributed by atoms with Crippen molar-refractivity contribution in [3.8, 4) is 50.2 Å². The van der Waals surface area contributed by atoms with Crippen LogP contribution in [0.2, 0.25) is 0 Å². The average molecular weight is 765 g/mol. The second-order valence-corrected chi connectivity index (χ2v) is 15.3. The molecule has 0 fully saturated rings. The number of rotatable bonds is 8. The third kappa shape index (κ3) is 6.32. The quantitative estimate of drug-likeness (QED) is 0.150. The number of benzene rings is 10. The lowest BCUT2D eigenvalue weighted by Crippen LogP contribution is -2.11. The van der Waals surface area contributed by atoms with Gasteiger partial charge in [0.25, 0.3) is 0 Å².